The average Bonchev–Trinajstić information content (AvgIpc) is 2.43. The maximum atomic E-state index is 12.2. The van der Waals surface area contributed by atoms with Crippen molar-refractivity contribution in [1.82, 2.24) is 4.90 Å². The lowest BCUT2D eigenvalue weighted by Crippen LogP contribution is -2.37. The second kappa shape index (κ2) is 8.29. The van der Waals surface area contributed by atoms with Crippen molar-refractivity contribution >= 4 is 17.7 Å². The van der Waals surface area contributed by atoms with Crippen LogP contribution in [0.2, 0.25) is 0 Å². The fourth-order valence-electron chi connectivity index (χ4n) is 2.00. The quantitative estimate of drug-likeness (QED) is 0.810. The predicted molar refractivity (Wildman–Crippen MR) is 83.5 cm³/mol. The molecule has 1 aromatic rings. The van der Waals surface area contributed by atoms with Gasteiger partial charge in [0, 0.05) is 18.8 Å². The number of nitrogens with one attached hydrogen (secondary N) is 1. The fraction of sp³-hybridized carbons (Fsp3) is 0.500. The molecule has 0 aliphatic heterocycles. The van der Waals surface area contributed by atoms with Crippen LogP contribution < -0.4 is 5.32 Å². The molecule has 0 saturated carbocycles. The highest BCUT2D eigenvalue weighted by Crippen LogP contribution is 2.13. The number of carbonyl (C=O) groups excluding carboxylic acids is 1. The van der Waals surface area contributed by atoms with E-state index in [1.165, 1.54) is 0 Å². The molecule has 2 N–H and O–H groups in total. The molecular formula is C16H24N2O3. The van der Waals surface area contributed by atoms with Crippen LogP contribution in [0, 0.1) is 5.92 Å². The summed E-state index contributed by atoms with van der Waals surface area (Å²) in [6.45, 7) is 7.52. The number of nitrogens with zero attached hydrogens (tertiary/aromatic N) is 1. The van der Waals surface area contributed by atoms with Crippen LogP contribution in [0.3, 0.4) is 0 Å². The fourth-order valence-corrected chi connectivity index (χ4v) is 2.00. The van der Waals surface area contributed by atoms with E-state index in [1.807, 2.05) is 6.92 Å². The summed E-state index contributed by atoms with van der Waals surface area (Å²) in [5.74, 6) is -0.431. The van der Waals surface area contributed by atoms with E-state index in [9.17, 15) is 9.59 Å². The number of carboxylic acids is 1. The van der Waals surface area contributed by atoms with Gasteiger partial charge in [-0.1, -0.05) is 32.4 Å². The normalized spacial score (nSPS) is 11.8. The summed E-state index contributed by atoms with van der Waals surface area (Å²) in [7, 11) is 0. The van der Waals surface area contributed by atoms with Crippen LogP contribution in [0.25, 0.3) is 0 Å². The van der Waals surface area contributed by atoms with Crippen molar-refractivity contribution in [3.8, 4) is 0 Å². The van der Waals surface area contributed by atoms with Gasteiger partial charge in [0.15, 0.2) is 0 Å². The molecular weight excluding hydrogens is 268 g/mol. The Morgan fingerprint density at radius 2 is 2.05 bits per heavy atom. The first-order chi connectivity index (χ1) is 9.96. The standard InChI is InChI=1S/C16H24N2O3/c1-4-12(3)11-18(5-2)16(21)17-14-8-6-7-13(9-14)10-15(19)20/h6-9,12H,4-5,10-11H2,1-3H3,(H,17,21)(H,19,20). The zero-order valence-electron chi connectivity index (χ0n) is 12.9. The number of hydrogen-bond donors (Lipinski definition) is 2. The molecule has 0 aromatic heterocycles. The van der Waals surface area contributed by atoms with Crippen LogP contribution in [-0.4, -0.2) is 35.1 Å². The van der Waals surface area contributed by atoms with E-state index >= 15 is 0 Å². The summed E-state index contributed by atoms with van der Waals surface area (Å²) in [5, 5.41) is 11.6. The summed E-state index contributed by atoms with van der Waals surface area (Å²) in [6.07, 6.45) is 0.978. The highest BCUT2D eigenvalue weighted by atomic mass is 16.4. The molecule has 0 aliphatic carbocycles. The van der Waals surface area contributed by atoms with Crippen LogP contribution in [0.15, 0.2) is 24.3 Å². The second-order valence-corrected chi connectivity index (χ2v) is 5.25. The average molecular weight is 292 g/mol. The summed E-state index contributed by atoms with van der Waals surface area (Å²) in [5.41, 5.74) is 1.30. The Labute approximate surface area is 126 Å². The van der Waals surface area contributed by atoms with Crippen molar-refractivity contribution in [2.45, 2.75) is 33.6 Å². The predicted octanol–water partition coefficient (Wildman–Crippen LogP) is 3.21. The molecule has 116 valence electrons. The summed E-state index contributed by atoms with van der Waals surface area (Å²) < 4.78 is 0. The SMILES string of the molecule is CCC(C)CN(CC)C(=O)Nc1cccc(CC(=O)O)c1. The van der Waals surface area contributed by atoms with E-state index < -0.39 is 5.97 Å². The van der Waals surface area contributed by atoms with Crippen LogP contribution in [-0.2, 0) is 11.2 Å². The monoisotopic (exact) mass is 292 g/mol. The summed E-state index contributed by atoms with van der Waals surface area (Å²) in [4.78, 5) is 24.7. The number of carbonyl (C=O) groups is 2. The van der Waals surface area contributed by atoms with Gasteiger partial charge in [-0.05, 0) is 30.5 Å². The van der Waals surface area contributed by atoms with E-state index in [1.54, 1.807) is 29.2 Å². The number of carboxylic acid groups (broad SMARTS) is 1. The zero-order chi connectivity index (χ0) is 15.8. The molecule has 2 amide bonds. The van der Waals surface area contributed by atoms with Gasteiger partial charge in [0.05, 0.1) is 6.42 Å². The number of hydrogen-bond acceptors (Lipinski definition) is 2. The zero-order valence-corrected chi connectivity index (χ0v) is 12.9. The summed E-state index contributed by atoms with van der Waals surface area (Å²) >= 11 is 0. The van der Waals surface area contributed by atoms with E-state index in [0.717, 1.165) is 6.42 Å². The highest BCUT2D eigenvalue weighted by molar-refractivity contribution is 5.89. The third kappa shape index (κ3) is 5.85. The molecule has 21 heavy (non-hydrogen) atoms. The van der Waals surface area contributed by atoms with Crippen molar-refractivity contribution < 1.29 is 14.7 Å². The Kier molecular flexibility index (Phi) is 6.72. The Balaban J connectivity index is 2.70. The first-order valence-electron chi connectivity index (χ1n) is 7.32. The smallest absolute Gasteiger partial charge is 0.321 e. The molecule has 0 aliphatic rings. The molecule has 0 fully saturated rings. The maximum absolute atomic E-state index is 12.2. The van der Waals surface area contributed by atoms with Gasteiger partial charge in [0.25, 0.3) is 0 Å². The van der Waals surface area contributed by atoms with Gasteiger partial charge in [-0.3, -0.25) is 4.79 Å². The first kappa shape index (κ1) is 17.0. The molecule has 5 heteroatoms. The van der Waals surface area contributed by atoms with Crippen molar-refractivity contribution in [1.29, 1.82) is 0 Å². The van der Waals surface area contributed by atoms with Crippen LogP contribution in [0.1, 0.15) is 32.8 Å². The number of rotatable bonds is 7. The van der Waals surface area contributed by atoms with Gasteiger partial charge >= 0.3 is 12.0 Å². The van der Waals surface area contributed by atoms with Crippen LogP contribution in [0.4, 0.5) is 10.5 Å². The highest BCUT2D eigenvalue weighted by Gasteiger charge is 2.14. The molecule has 0 bridgehead atoms. The van der Waals surface area contributed by atoms with Crippen LogP contribution >= 0.6 is 0 Å². The number of benzene rings is 1. The third-order valence-electron chi connectivity index (χ3n) is 3.43. The largest absolute Gasteiger partial charge is 0.481 e. The van der Waals surface area contributed by atoms with Crippen LogP contribution in [0.5, 0.6) is 0 Å². The van der Waals surface area contributed by atoms with E-state index in [0.29, 0.717) is 30.3 Å². The molecule has 0 saturated heterocycles. The molecule has 1 aromatic carbocycles. The molecule has 0 heterocycles. The Morgan fingerprint density at radius 1 is 1.33 bits per heavy atom. The van der Waals surface area contributed by atoms with Gasteiger partial charge in [-0.25, -0.2) is 4.79 Å². The van der Waals surface area contributed by atoms with Crippen molar-refractivity contribution in [2.24, 2.45) is 5.92 Å². The van der Waals surface area contributed by atoms with Gasteiger partial charge in [-0.2, -0.15) is 0 Å². The number of amides is 2. The molecule has 1 unspecified atom stereocenters. The lowest BCUT2D eigenvalue weighted by Gasteiger charge is -2.24. The maximum Gasteiger partial charge on any atom is 0.321 e. The topological polar surface area (TPSA) is 69.6 Å². The minimum atomic E-state index is -0.884. The minimum Gasteiger partial charge on any atom is -0.481 e. The molecule has 5 nitrogen and oxygen atoms in total. The molecule has 0 spiro atoms. The summed E-state index contributed by atoms with van der Waals surface area (Å²) in [6, 6.07) is 6.80. The number of anilines is 1. The van der Waals surface area contributed by atoms with Crippen molar-refractivity contribution in [2.75, 3.05) is 18.4 Å². The Hall–Kier alpha value is -2.04. The van der Waals surface area contributed by atoms with E-state index in [4.69, 9.17) is 5.11 Å². The van der Waals surface area contributed by atoms with Crippen molar-refractivity contribution in [3.63, 3.8) is 0 Å². The van der Waals surface area contributed by atoms with Gasteiger partial charge in [0.2, 0.25) is 0 Å². The number of urea groups is 1. The lowest BCUT2D eigenvalue weighted by molar-refractivity contribution is -0.136. The third-order valence-corrected chi connectivity index (χ3v) is 3.43. The number of aliphatic carboxylic acids is 1. The Bertz CT molecular complexity index is 488. The molecule has 1 rings (SSSR count). The van der Waals surface area contributed by atoms with Crippen molar-refractivity contribution in [3.05, 3.63) is 29.8 Å². The van der Waals surface area contributed by atoms with Gasteiger partial charge in [0.1, 0.15) is 0 Å². The molecule has 0 radical (unpaired) electrons. The lowest BCUT2D eigenvalue weighted by atomic mass is 10.1. The van der Waals surface area contributed by atoms with E-state index in [2.05, 4.69) is 19.2 Å². The Morgan fingerprint density at radius 3 is 2.62 bits per heavy atom. The van der Waals surface area contributed by atoms with Gasteiger partial charge in [-0.15, -0.1) is 0 Å². The minimum absolute atomic E-state index is 0.0475. The van der Waals surface area contributed by atoms with E-state index in [-0.39, 0.29) is 12.5 Å². The second-order valence-electron chi connectivity index (χ2n) is 5.25. The first-order valence-corrected chi connectivity index (χ1v) is 7.32. The molecule has 1 atom stereocenters. The van der Waals surface area contributed by atoms with Gasteiger partial charge < -0.3 is 15.3 Å².